The maximum atomic E-state index is 12.4. The SMILES string of the molecule is COc1ccc(C(=O)N2CCN(c3nccs3)CC2)cn1. The number of piperazine rings is 1. The molecular formula is C14H16N4O2S. The second kappa shape index (κ2) is 6.09. The van der Waals surface area contributed by atoms with Gasteiger partial charge < -0.3 is 14.5 Å². The van der Waals surface area contributed by atoms with Crippen molar-refractivity contribution in [1.82, 2.24) is 14.9 Å². The Morgan fingerprint density at radius 3 is 2.62 bits per heavy atom. The molecule has 1 aliphatic heterocycles. The van der Waals surface area contributed by atoms with Crippen molar-refractivity contribution in [3.63, 3.8) is 0 Å². The largest absolute Gasteiger partial charge is 0.481 e. The van der Waals surface area contributed by atoms with Crippen LogP contribution in [-0.2, 0) is 0 Å². The smallest absolute Gasteiger partial charge is 0.255 e. The Bertz CT molecular complexity index is 592. The molecule has 0 bridgehead atoms. The van der Waals surface area contributed by atoms with Gasteiger partial charge in [-0.15, -0.1) is 11.3 Å². The first-order valence-corrected chi connectivity index (χ1v) is 7.59. The lowest BCUT2D eigenvalue weighted by Gasteiger charge is -2.34. The zero-order chi connectivity index (χ0) is 14.7. The molecule has 1 saturated heterocycles. The van der Waals surface area contributed by atoms with Gasteiger partial charge in [0.15, 0.2) is 5.13 Å². The first-order valence-electron chi connectivity index (χ1n) is 6.71. The summed E-state index contributed by atoms with van der Waals surface area (Å²) in [6.07, 6.45) is 3.37. The van der Waals surface area contributed by atoms with Gasteiger partial charge in [0.1, 0.15) is 0 Å². The molecule has 0 aromatic carbocycles. The van der Waals surface area contributed by atoms with E-state index in [1.165, 1.54) is 0 Å². The van der Waals surface area contributed by atoms with Crippen LogP contribution in [0.1, 0.15) is 10.4 Å². The lowest BCUT2D eigenvalue weighted by atomic mass is 10.2. The van der Waals surface area contributed by atoms with Crippen molar-refractivity contribution in [1.29, 1.82) is 0 Å². The summed E-state index contributed by atoms with van der Waals surface area (Å²) < 4.78 is 5.00. The predicted molar refractivity (Wildman–Crippen MR) is 81.0 cm³/mol. The second-order valence-electron chi connectivity index (χ2n) is 4.68. The summed E-state index contributed by atoms with van der Waals surface area (Å²) in [4.78, 5) is 24.9. The molecule has 110 valence electrons. The van der Waals surface area contributed by atoms with Gasteiger partial charge in [-0.3, -0.25) is 4.79 Å². The Morgan fingerprint density at radius 1 is 1.24 bits per heavy atom. The number of anilines is 1. The molecular weight excluding hydrogens is 288 g/mol. The van der Waals surface area contributed by atoms with Gasteiger partial charge in [0.25, 0.3) is 5.91 Å². The van der Waals surface area contributed by atoms with Crippen LogP contribution in [0.3, 0.4) is 0 Å². The molecule has 1 amide bonds. The first kappa shape index (κ1) is 13.8. The molecule has 3 rings (SSSR count). The number of rotatable bonds is 3. The topological polar surface area (TPSA) is 58.6 Å². The molecule has 2 aromatic rings. The van der Waals surface area contributed by atoms with Crippen LogP contribution in [0.15, 0.2) is 29.9 Å². The zero-order valence-corrected chi connectivity index (χ0v) is 12.5. The normalized spacial score (nSPS) is 15.1. The zero-order valence-electron chi connectivity index (χ0n) is 11.7. The highest BCUT2D eigenvalue weighted by atomic mass is 32.1. The van der Waals surface area contributed by atoms with Crippen molar-refractivity contribution in [3.8, 4) is 5.88 Å². The Balaban J connectivity index is 1.62. The molecule has 2 aromatic heterocycles. The van der Waals surface area contributed by atoms with Gasteiger partial charge >= 0.3 is 0 Å². The van der Waals surface area contributed by atoms with Crippen LogP contribution < -0.4 is 9.64 Å². The van der Waals surface area contributed by atoms with Gasteiger partial charge in [0, 0.05) is 50.0 Å². The van der Waals surface area contributed by atoms with Crippen LogP contribution in [0.5, 0.6) is 5.88 Å². The predicted octanol–water partition coefficient (Wildman–Crippen LogP) is 1.51. The van der Waals surface area contributed by atoms with Gasteiger partial charge in [-0.2, -0.15) is 0 Å². The van der Waals surface area contributed by atoms with Gasteiger partial charge in [-0.25, -0.2) is 9.97 Å². The number of aromatic nitrogens is 2. The van der Waals surface area contributed by atoms with E-state index in [9.17, 15) is 4.79 Å². The molecule has 21 heavy (non-hydrogen) atoms. The fourth-order valence-corrected chi connectivity index (χ4v) is 2.98. The van der Waals surface area contributed by atoms with Crippen molar-refractivity contribution < 1.29 is 9.53 Å². The summed E-state index contributed by atoms with van der Waals surface area (Å²) in [6.45, 7) is 3.01. The number of methoxy groups -OCH3 is 1. The maximum absolute atomic E-state index is 12.4. The minimum Gasteiger partial charge on any atom is -0.481 e. The summed E-state index contributed by atoms with van der Waals surface area (Å²) in [7, 11) is 1.56. The molecule has 0 spiro atoms. The van der Waals surface area contributed by atoms with Gasteiger partial charge in [0.2, 0.25) is 5.88 Å². The van der Waals surface area contributed by atoms with E-state index >= 15 is 0 Å². The molecule has 0 aliphatic carbocycles. The number of carbonyl (C=O) groups excluding carboxylic acids is 1. The average molecular weight is 304 g/mol. The third kappa shape index (κ3) is 2.97. The van der Waals surface area contributed by atoms with Crippen LogP contribution in [0, 0.1) is 0 Å². The standard InChI is InChI=1S/C14H16N4O2S/c1-20-12-3-2-11(10-16-12)13(19)17-5-7-18(8-6-17)14-15-4-9-21-14/h2-4,9-10H,5-8H2,1H3. The fourth-order valence-electron chi connectivity index (χ4n) is 2.28. The molecule has 6 nitrogen and oxygen atoms in total. The Labute approximate surface area is 127 Å². The summed E-state index contributed by atoms with van der Waals surface area (Å²) in [6, 6.07) is 3.46. The molecule has 3 heterocycles. The fraction of sp³-hybridized carbons (Fsp3) is 0.357. The van der Waals surface area contributed by atoms with Crippen LogP contribution in [0.2, 0.25) is 0 Å². The average Bonchev–Trinajstić information content (AvgIpc) is 3.09. The summed E-state index contributed by atoms with van der Waals surface area (Å²) in [5, 5.41) is 2.99. The van der Waals surface area contributed by atoms with E-state index in [1.54, 1.807) is 43.0 Å². The molecule has 7 heteroatoms. The van der Waals surface area contributed by atoms with Crippen molar-refractivity contribution >= 4 is 22.4 Å². The molecule has 1 fully saturated rings. The van der Waals surface area contributed by atoms with Crippen LogP contribution in [0.25, 0.3) is 0 Å². The number of hydrogen-bond donors (Lipinski definition) is 0. The summed E-state index contributed by atoms with van der Waals surface area (Å²) >= 11 is 1.63. The minimum absolute atomic E-state index is 0.0175. The van der Waals surface area contributed by atoms with E-state index in [2.05, 4.69) is 14.9 Å². The highest BCUT2D eigenvalue weighted by Gasteiger charge is 2.23. The number of nitrogens with zero attached hydrogens (tertiary/aromatic N) is 4. The van der Waals surface area contributed by atoms with Crippen molar-refractivity contribution in [3.05, 3.63) is 35.5 Å². The highest BCUT2D eigenvalue weighted by molar-refractivity contribution is 7.13. The van der Waals surface area contributed by atoms with Gasteiger partial charge in [0.05, 0.1) is 12.7 Å². The van der Waals surface area contributed by atoms with Crippen LogP contribution >= 0.6 is 11.3 Å². The van der Waals surface area contributed by atoms with Gasteiger partial charge in [-0.1, -0.05) is 0 Å². The number of ether oxygens (including phenoxy) is 1. The lowest BCUT2D eigenvalue weighted by Crippen LogP contribution is -2.48. The number of carbonyl (C=O) groups is 1. The Morgan fingerprint density at radius 2 is 2.05 bits per heavy atom. The Hall–Kier alpha value is -2.15. The number of hydrogen-bond acceptors (Lipinski definition) is 6. The molecule has 0 unspecified atom stereocenters. The monoisotopic (exact) mass is 304 g/mol. The molecule has 0 radical (unpaired) electrons. The van der Waals surface area contributed by atoms with E-state index in [-0.39, 0.29) is 5.91 Å². The van der Waals surface area contributed by atoms with Crippen molar-refractivity contribution in [2.24, 2.45) is 0 Å². The number of amides is 1. The van der Waals surface area contributed by atoms with E-state index in [0.717, 1.165) is 18.2 Å². The van der Waals surface area contributed by atoms with Crippen LogP contribution in [-0.4, -0.2) is 54.1 Å². The van der Waals surface area contributed by atoms with Crippen molar-refractivity contribution in [2.45, 2.75) is 0 Å². The first-order chi connectivity index (χ1) is 10.3. The second-order valence-corrected chi connectivity index (χ2v) is 5.56. The summed E-state index contributed by atoms with van der Waals surface area (Å²) in [5.74, 6) is 0.532. The number of thiazole rings is 1. The van der Waals surface area contributed by atoms with Crippen LogP contribution in [0.4, 0.5) is 5.13 Å². The Kier molecular flexibility index (Phi) is 4.01. The molecule has 0 N–H and O–H groups in total. The lowest BCUT2D eigenvalue weighted by molar-refractivity contribution is 0.0746. The summed E-state index contributed by atoms with van der Waals surface area (Å²) in [5.41, 5.74) is 0.596. The maximum Gasteiger partial charge on any atom is 0.255 e. The number of pyridine rings is 1. The van der Waals surface area contributed by atoms with E-state index in [4.69, 9.17) is 4.74 Å². The van der Waals surface area contributed by atoms with Crippen molar-refractivity contribution in [2.75, 3.05) is 38.2 Å². The van der Waals surface area contributed by atoms with E-state index in [1.807, 2.05) is 10.3 Å². The van der Waals surface area contributed by atoms with E-state index in [0.29, 0.717) is 24.5 Å². The molecule has 1 aliphatic rings. The highest BCUT2D eigenvalue weighted by Crippen LogP contribution is 2.19. The van der Waals surface area contributed by atoms with E-state index < -0.39 is 0 Å². The molecule has 0 saturated carbocycles. The quantitative estimate of drug-likeness (QED) is 0.860. The van der Waals surface area contributed by atoms with Gasteiger partial charge in [-0.05, 0) is 6.07 Å². The molecule has 0 atom stereocenters. The minimum atomic E-state index is 0.0175. The third-order valence-corrected chi connectivity index (χ3v) is 4.28. The third-order valence-electron chi connectivity index (χ3n) is 3.45.